The minimum atomic E-state index is -1.11. The van der Waals surface area contributed by atoms with Gasteiger partial charge in [0.2, 0.25) is 0 Å². The van der Waals surface area contributed by atoms with Crippen LogP contribution in [0.4, 0.5) is 0 Å². The lowest BCUT2D eigenvalue weighted by Gasteiger charge is -2.11. The molecule has 0 unspecified atom stereocenters. The van der Waals surface area contributed by atoms with Crippen molar-refractivity contribution in [3.63, 3.8) is 0 Å². The second-order valence-electron chi connectivity index (χ2n) is 2.83. The lowest BCUT2D eigenvalue weighted by molar-refractivity contribution is 0.0694. The molecule has 0 aliphatic carbocycles. The molecule has 0 radical (unpaired) electrons. The quantitative estimate of drug-likeness (QED) is 0.703. The summed E-state index contributed by atoms with van der Waals surface area (Å²) < 4.78 is 0. The first kappa shape index (κ1) is 11.0. The van der Waals surface area contributed by atoms with Gasteiger partial charge in [0.15, 0.2) is 0 Å². The van der Waals surface area contributed by atoms with Crippen molar-refractivity contribution >= 4 is 17.6 Å². The highest BCUT2D eigenvalue weighted by Crippen LogP contribution is 2.20. The highest BCUT2D eigenvalue weighted by molar-refractivity contribution is 6.30. The maximum atomic E-state index is 10.8. The number of nitrogens with two attached hydrogens (primary N) is 1. The second-order valence-corrected chi connectivity index (χ2v) is 3.26. The number of hydrogen-bond donors (Lipinski definition) is 3. The molecule has 1 rings (SSSR count). The Morgan fingerprint density at radius 2 is 2.21 bits per heavy atom. The van der Waals surface area contributed by atoms with E-state index in [2.05, 4.69) is 0 Å². The van der Waals surface area contributed by atoms with Crippen molar-refractivity contribution in [2.75, 3.05) is 6.61 Å². The van der Waals surface area contributed by atoms with Crippen molar-refractivity contribution in [1.82, 2.24) is 0 Å². The van der Waals surface area contributed by atoms with E-state index < -0.39 is 12.0 Å². The molecule has 0 saturated heterocycles. The number of carboxylic acids is 1. The van der Waals surface area contributed by atoms with Crippen LogP contribution < -0.4 is 5.73 Å². The van der Waals surface area contributed by atoms with Gasteiger partial charge in [0.1, 0.15) is 0 Å². The maximum Gasteiger partial charge on any atom is 0.336 e. The number of carboxylic acid groups (broad SMARTS) is 1. The van der Waals surface area contributed by atoms with Crippen molar-refractivity contribution in [3.05, 3.63) is 34.3 Å². The molecule has 0 bridgehead atoms. The van der Waals surface area contributed by atoms with Gasteiger partial charge in [-0.05, 0) is 17.7 Å². The van der Waals surface area contributed by atoms with E-state index in [0.29, 0.717) is 10.6 Å². The van der Waals surface area contributed by atoms with E-state index in [1.165, 1.54) is 12.1 Å². The predicted molar refractivity (Wildman–Crippen MR) is 52.4 cm³/mol. The maximum absolute atomic E-state index is 10.8. The minimum absolute atomic E-state index is 0.0269. The van der Waals surface area contributed by atoms with Gasteiger partial charge in [-0.1, -0.05) is 17.7 Å². The normalized spacial score (nSPS) is 12.5. The molecular weight excluding hydrogens is 206 g/mol. The van der Waals surface area contributed by atoms with Gasteiger partial charge in [0.05, 0.1) is 18.2 Å². The summed E-state index contributed by atoms with van der Waals surface area (Å²) in [5, 5.41) is 18.0. The average molecular weight is 216 g/mol. The van der Waals surface area contributed by atoms with Crippen LogP contribution in [0.15, 0.2) is 18.2 Å². The Bertz CT molecular complexity index is 354. The first-order valence-corrected chi connectivity index (χ1v) is 4.33. The van der Waals surface area contributed by atoms with Gasteiger partial charge < -0.3 is 15.9 Å². The molecule has 0 aliphatic rings. The zero-order chi connectivity index (χ0) is 10.7. The number of aliphatic hydroxyl groups is 1. The van der Waals surface area contributed by atoms with Gasteiger partial charge in [0, 0.05) is 5.02 Å². The Morgan fingerprint density at radius 1 is 1.57 bits per heavy atom. The lowest BCUT2D eigenvalue weighted by Crippen LogP contribution is -2.18. The van der Waals surface area contributed by atoms with Crippen LogP contribution in [-0.2, 0) is 0 Å². The van der Waals surface area contributed by atoms with E-state index >= 15 is 0 Å². The van der Waals surface area contributed by atoms with Gasteiger partial charge in [-0.3, -0.25) is 0 Å². The molecule has 4 nitrogen and oxygen atoms in total. The van der Waals surface area contributed by atoms with E-state index in [9.17, 15) is 4.79 Å². The third-order valence-electron chi connectivity index (χ3n) is 1.84. The molecule has 0 amide bonds. The first-order valence-electron chi connectivity index (χ1n) is 3.95. The zero-order valence-electron chi connectivity index (χ0n) is 7.27. The predicted octanol–water partition coefficient (Wildman–Crippen LogP) is 1.03. The molecule has 5 heteroatoms. The topological polar surface area (TPSA) is 83.5 Å². The van der Waals surface area contributed by atoms with Crippen LogP contribution in [0.5, 0.6) is 0 Å². The summed E-state index contributed by atoms with van der Waals surface area (Å²) in [6.07, 6.45) is 0. The Kier molecular flexibility index (Phi) is 3.46. The summed E-state index contributed by atoms with van der Waals surface area (Å²) in [5.74, 6) is -1.11. The largest absolute Gasteiger partial charge is 0.478 e. The van der Waals surface area contributed by atoms with Crippen molar-refractivity contribution < 1.29 is 15.0 Å². The Morgan fingerprint density at radius 3 is 2.71 bits per heavy atom. The zero-order valence-corrected chi connectivity index (χ0v) is 8.03. The van der Waals surface area contributed by atoms with E-state index in [4.69, 9.17) is 27.5 Å². The highest BCUT2D eigenvalue weighted by atomic mass is 35.5. The van der Waals surface area contributed by atoms with Crippen molar-refractivity contribution in [2.45, 2.75) is 6.04 Å². The van der Waals surface area contributed by atoms with Crippen LogP contribution in [0.1, 0.15) is 22.0 Å². The molecule has 4 N–H and O–H groups in total. The molecular formula is C9H10ClNO3. The first-order chi connectivity index (χ1) is 6.56. The fourth-order valence-electron chi connectivity index (χ4n) is 1.14. The molecule has 1 aromatic carbocycles. The summed E-state index contributed by atoms with van der Waals surface area (Å²) in [5.41, 5.74) is 5.93. The average Bonchev–Trinajstić information content (AvgIpc) is 2.16. The molecule has 76 valence electrons. The third kappa shape index (κ3) is 2.23. The molecule has 1 atom stereocenters. The second kappa shape index (κ2) is 4.41. The molecule has 0 heterocycles. The van der Waals surface area contributed by atoms with Crippen LogP contribution in [0, 0.1) is 0 Å². The summed E-state index contributed by atoms with van der Waals surface area (Å²) in [6.45, 7) is -0.304. The number of carbonyl (C=O) groups is 1. The number of halogens is 1. The summed E-state index contributed by atoms with van der Waals surface area (Å²) in [7, 11) is 0. The highest BCUT2D eigenvalue weighted by Gasteiger charge is 2.15. The molecule has 0 aromatic heterocycles. The van der Waals surface area contributed by atoms with Crippen LogP contribution >= 0.6 is 11.6 Å². The van der Waals surface area contributed by atoms with Gasteiger partial charge in [-0.25, -0.2) is 4.79 Å². The lowest BCUT2D eigenvalue weighted by atomic mass is 10.0. The van der Waals surface area contributed by atoms with Crippen molar-refractivity contribution in [2.24, 2.45) is 5.73 Å². The minimum Gasteiger partial charge on any atom is -0.478 e. The smallest absolute Gasteiger partial charge is 0.336 e. The van der Waals surface area contributed by atoms with Crippen molar-refractivity contribution in [3.8, 4) is 0 Å². The SMILES string of the molecule is N[C@@H](CO)c1ccc(Cl)cc1C(=O)O. The number of hydrogen-bond acceptors (Lipinski definition) is 3. The summed E-state index contributed by atoms with van der Waals surface area (Å²) in [4.78, 5) is 10.8. The van der Waals surface area contributed by atoms with E-state index in [-0.39, 0.29) is 12.2 Å². The molecule has 14 heavy (non-hydrogen) atoms. The summed E-state index contributed by atoms with van der Waals surface area (Å²) >= 11 is 5.64. The molecule has 0 aliphatic heterocycles. The third-order valence-corrected chi connectivity index (χ3v) is 2.08. The van der Waals surface area contributed by atoms with Gasteiger partial charge in [0.25, 0.3) is 0 Å². The monoisotopic (exact) mass is 215 g/mol. The van der Waals surface area contributed by atoms with Crippen LogP contribution in [0.3, 0.4) is 0 Å². The van der Waals surface area contributed by atoms with Crippen molar-refractivity contribution in [1.29, 1.82) is 0 Å². The Balaban J connectivity index is 3.21. The van der Waals surface area contributed by atoms with E-state index in [0.717, 1.165) is 0 Å². The van der Waals surface area contributed by atoms with Crippen LogP contribution in [-0.4, -0.2) is 22.8 Å². The molecule has 0 fully saturated rings. The molecule has 0 spiro atoms. The fraction of sp³-hybridized carbons (Fsp3) is 0.222. The fourth-order valence-corrected chi connectivity index (χ4v) is 1.31. The van der Waals surface area contributed by atoms with E-state index in [1.807, 2.05) is 0 Å². The van der Waals surface area contributed by atoms with Gasteiger partial charge in [-0.2, -0.15) is 0 Å². The standard InChI is InChI=1S/C9H10ClNO3/c10-5-1-2-6(8(11)4-12)7(3-5)9(13)14/h1-3,8,12H,4,11H2,(H,13,14)/t8-/m0/s1. The summed E-state index contributed by atoms with van der Waals surface area (Å²) in [6, 6.07) is 3.67. The van der Waals surface area contributed by atoms with Crippen LogP contribution in [0.2, 0.25) is 5.02 Å². The molecule has 0 saturated carbocycles. The van der Waals surface area contributed by atoms with Gasteiger partial charge >= 0.3 is 5.97 Å². The van der Waals surface area contributed by atoms with E-state index in [1.54, 1.807) is 6.07 Å². The Labute approximate surface area is 85.9 Å². The Hall–Kier alpha value is -1.10. The number of rotatable bonds is 3. The number of aromatic carboxylic acids is 1. The molecule has 1 aromatic rings. The van der Waals surface area contributed by atoms with Gasteiger partial charge in [-0.15, -0.1) is 0 Å². The number of aliphatic hydroxyl groups excluding tert-OH is 1. The number of benzene rings is 1. The van der Waals surface area contributed by atoms with Crippen LogP contribution in [0.25, 0.3) is 0 Å².